The van der Waals surface area contributed by atoms with Gasteiger partial charge in [-0.25, -0.2) is 0 Å². The molecule has 0 aliphatic carbocycles. The average Bonchev–Trinajstić information content (AvgIpc) is 2.67. The molecule has 0 heterocycles. The van der Waals surface area contributed by atoms with Crippen molar-refractivity contribution in [2.24, 2.45) is 5.92 Å². The minimum Gasteiger partial charge on any atom is -0.481 e. The highest BCUT2D eigenvalue weighted by Crippen LogP contribution is 2.17. The van der Waals surface area contributed by atoms with Crippen LogP contribution in [0.4, 0.5) is 0 Å². The third-order valence-electron chi connectivity index (χ3n) is 5.02. The van der Waals surface area contributed by atoms with Gasteiger partial charge in [0.25, 0.3) is 0 Å². The van der Waals surface area contributed by atoms with E-state index in [4.69, 9.17) is 9.84 Å². The third-order valence-corrected chi connectivity index (χ3v) is 5.02. The van der Waals surface area contributed by atoms with Gasteiger partial charge in [0, 0.05) is 0 Å². The molecular formula is C24H44O4. The first-order valence-electron chi connectivity index (χ1n) is 11.6. The van der Waals surface area contributed by atoms with Gasteiger partial charge >= 0.3 is 11.9 Å². The van der Waals surface area contributed by atoms with Crippen LogP contribution in [0.5, 0.6) is 0 Å². The summed E-state index contributed by atoms with van der Waals surface area (Å²) in [6.45, 7) is 4.56. The Morgan fingerprint density at radius 2 is 1.32 bits per heavy atom. The molecule has 4 heteroatoms. The Morgan fingerprint density at radius 3 is 1.86 bits per heavy atom. The van der Waals surface area contributed by atoms with E-state index in [0.717, 1.165) is 25.7 Å². The van der Waals surface area contributed by atoms with E-state index in [1.165, 1.54) is 64.2 Å². The highest BCUT2D eigenvalue weighted by molar-refractivity contribution is 5.79. The maximum Gasteiger partial charge on any atom is 0.309 e. The zero-order chi connectivity index (χ0) is 20.9. The highest BCUT2D eigenvalue weighted by Gasteiger charge is 2.22. The molecule has 0 bridgehead atoms. The van der Waals surface area contributed by atoms with Crippen molar-refractivity contribution in [2.75, 3.05) is 6.61 Å². The number of esters is 1. The van der Waals surface area contributed by atoms with Crippen LogP contribution in [0.1, 0.15) is 117 Å². The lowest BCUT2D eigenvalue weighted by Crippen LogP contribution is -2.21. The molecule has 0 spiro atoms. The Kier molecular flexibility index (Phi) is 19.5. The molecule has 0 aromatic heterocycles. The van der Waals surface area contributed by atoms with Crippen molar-refractivity contribution in [3.05, 3.63) is 12.2 Å². The molecule has 0 rings (SSSR count). The van der Waals surface area contributed by atoms with Crippen molar-refractivity contribution in [3.63, 3.8) is 0 Å². The van der Waals surface area contributed by atoms with Crippen LogP contribution < -0.4 is 0 Å². The fraction of sp³-hybridized carbons (Fsp3) is 0.833. The maximum absolute atomic E-state index is 11.9. The minimum absolute atomic E-state index is 0.118. The summed E-state index contributed by atoms with van der Waals surface area (Å²) >= 11 is 0. The van der Waals surface area contributed by atoms with Crippen molar-refractivity contribution in [1.29, 1.82) is 0 Å². The van der Waals surface area contributed by atoms with Crippen LogP contribution in [0, 0.1) is 5.92 Å². The Balaban J connectivity index is 3.59. The van der Waals surface area contributed by atoms with E-state index in [1.807, 2.05) is 6.92 Å². The number of allylic oxidation sites excluding steroid dienone is 2. The number of ether oxygens (including phenoxy) is 1. The molecule has 0 aromatic rings. The Hall–Kier alpha value is -1.32. The van der Waals surface area contributed by atoms with E-state index in [-0.39, 0.29) is 12.4 Å². The first-order valence-corrected chi connectivity index (χ1v) is 11.6. The van der Waals surface area contributed by atoms with E-state index in [0.29, 0.717) is 13.0 Å². The first-order chi connectivity index (χ1) is 13.6. The second kappa shape index (κ2) is 20.4. The standard InChI is InChI=1S/C24H44O4/c1-3-5-6-7-8-9-10-11-12-13-14-15-16-17-18-19-22(21-23(25)26)24(27)28-20-4-2/h10-11,22H,3-9,12-21H2,1-2H3,(H,25,26)/b11-10+. The van der Waals surface area contributed by atoms with Gasteiger partial charge < -0.3 is 9.84 Å². The lowest BCUT2D eigenvalue weighted by Gasteiger charge is -2.13. The van der Waals surface area contributed by atoms with Gasteiger partial charge in [-0.15, -0.1) is 0 Å². The summed E-state index contributed by atoms with van der Waals surface area (Å²) in [5.41, 5.74) is 0. The predicted octanol–water partition coefficient (Wildman–Crippen LogP) is 7.07. The summed E-state index contributed by atoms with van der Waals surface area (Å²) in [6.07, 6.45) is 21.9. The van der Waals surface area contributed by atoms with Gasteiger partial charge in [-0.3, -0.25) is 9.59 Å². The van der Waals surface area contributed by atoms with Gasteiger partial charge in [-0.1, -0.05) is 83.8 Å². The van der Waals surface area contributed by atoms with E-state index < -0.39 is 11.9 Å². The topological polar surface area (TPSA) is 63.6 Å². The number of carboxylic acids is 1. The van der Waals surface area contributed by atoms with Crippen LogP contribution in [0.3, 0.4) is 0 Å². The van der Waals surface area contributed by atoms with Crippen molar-refractivity contribution in [2.45, 2.75) is 117 Å². The molecule has 0 fully saturated rings. The molecule has 0 saturated carbocycles. The molecular weight excluding hydrogens is 352 g/mol. The first kappa shape index (κ1) is 26.7. The van der Waals surface area contributed by atoms with Crippen molar-refractivity contribution in [1.82, 2.24) is 0 Å². The number of rotatable bonds is 20. The highest BCUT2D eigenvalue weighted by atomic mass is 16.5. The Morgan fingerprint density at radius 1 is 0.786 bits per heavy atom. The summed E-state index contributed by atoms with van der Waals surface area (Å²) in [6, 6.07) is 0. The second-order valence-corrected chi connectivity index (χ2v) is 7.84. The van der Waals surface area contributed by atoms with Crippen LogP contribution in [-0.4, -0.2) is 23.7 Å². The SMILES string of the molecule is CCCCCCC/C=C/CCCCCCCCC(CC(=O)O)C(=O)OCCC. The van der Waals surface area contributed by atoms with Crippen molar-refractivity contribution >= 4 is 11.9 Å². The Bertz CT molecular complexity index is 403. The number of carboxylic acid groups (broad SMARTS) is 1. The fourth-order valence-electron chi connectivity index (χ4n) is 3.30. The molecule has 1 atom stereocenters. The second-order valence-electron chi connectivity index (χ2n) is 7.84. The number of unbranched alkanes of at least 4 members (excludes halogenated alkanes) is 11. The molecule has 4 nitrogen and oxygen atoms in total. The molecule has 0 amide bonds. The number of hydrogen-bond acceptors (Lipinski definition) is 3. The molecule has 0 aromatic carbocycles. The summed E-state index contributed by atoms with van der Waals surface area (Å²) in [7, 11) is 0. The van der Waals surface area contributed by atoms with Gasteiger partial charge in [-0.05, 0) is 38.5 Å². The minimum atomic E-state index is -0.924. The monoisotopic (exact) mass is 396 g/mol. The van der Waals surface area contributed by atoms with Crippen LogP contribution in [0.15, 0.2) is 12.2 Å². The lowest BCUT2D eigenvalue weighted by atomic mass is 9.97. The summed E-state index contributed by atoms with van der Waals surface area (Å²) in [5.74, 6) is -1.76. The quantitative estimate of drug-likeness (QED) is 0.136. The zero-order valence-electron chi connectivity index (χ0n) is 18.4. The summed E-state index contributed by atoms with van der Waals surface area (Å²) in [4.78, 5) is 22.9. The van der Waals surface area contributed by atoms with Crippen molar-refractivity contribution < 1.29 is 19.4 Å². The van der Waals surface area contributed by atoms with Crippen LogP contribution >= 0.6 is 0 Å². The van der Waals surface area contributed by atoms with Crippen LogP contribution in [-0.2, 0) is 14.3 Å². The Labute approximate surface area is 173 Å². The van der Waals surface area contributed by atoms with Gasteiger partial charge in [-0.2, -0.15) is 0 Å². The molecule has 0 saturated heterocycles. The van der Waals surface area contributed by atoms with E-state index in [2.05, 4.69) is 19.1 Å². The van der Waals surface area contributed by atoms with Gasteiger partial charge in [0.15, 0.2) is 0 Å². The number of aliphatic carboxylic acids is 1. The van der Waals surface area contributed by atoms with Gasteiger partial charge in [0.2, 0.25) is 0 Å². The lowest BCUT2D eigenvalue weighted by molar-refractivity contribution is -0.153. The smallest absolute Gasteiger partial charge is 0.309 e. The zero-order valence-corrected chi connectivity index (χ0v) is 18.4. The molecule has 164 valence electrons. The maximum atomic E-state index is 11.9. The molecule has 0 aliphatic rings. The molecule has 28 heavy (non-hydrogen) atoms. The summed E-state index contributed by atoms with van der Waals surface area (Å²) < 4.78 is 5.12. The largest absolute Gasteiger partial charge is 0.481 e. The third kappa shape index (κ3) is 18.1. The van der Waals surface area contributed by atoms with E-state index in [9.17, 15) is 9.59 Å². The van der Waals surface area contributed by atoms with E-state index >= 15 is 0 Å². The molecule has 1 N–H and O–H groups in total. The molecule has 0 aliphatic heterocycles. The van der Waals surface area contributed by atoms with E-state index in [1.54, 1.807) is 0 Å². The number of hydrogen-bond donors (Lipinski definition) is 1. The van der Waals surface area contributed by atoms with Crippen LogP contribution in [0.2, 0.25) is 0 Å². The normalized spacial score (nSPS) is 12.4. The predicted molar refractivity (Wildman–Crippen MR) is 116 cm³/mol. The van der Waals surface area contributed by atoms with Crippen molar-refractivity contribution in [3.8, 4) is 0 Å². The van der Waals surface area contributed by atoms with Gasteiger partial charge in [0.1, 0.15) is 0 Å². The summed E-state index contributed by atoms with van der Waals surface area (Å²) in [5, 5.41) is 8.97. The molecule has 1 unspecified atom stereocenters. The van der Waals surface area contributed by atoms with Crippen LogP contribution in [0.25, 0.3) is 0 Å². The molecule has 0 radical (unpaired) electrons. The number of carbonyl (C=O) groups excluding carboxylic acids is 1. The van der Waals surface area contributed by atoms with Gasteiger partial charge in [0.05, 0.1) is 18.9 Å². The average molecular weight is 397 g/mol. The fourth-order valence-corrected chi connectivity index (χ4v) is 3.30. The number of carbonyl (C=O) groups is 2.